The molecule has 1 amide bonds. The van der Waals surface area contributed by atoms with Gasteiger partial charge in [0.15, 0.2) is 0 Å². The molecule has 0 spiro atoms. The van der Waals surface area contributed by atoms with Gasteiger partial charge < -0.3 is 20.1 Å². The van der Waals surface area contributed by atoms with Gasteiger partial charge >= 0.3 is 0 Å². The first-order valence-electron chi connectivity index (χ1n) is 7.51. The summed E-state index contributed by atoms with van der Waals surface area (Å²) in [6, 6.07) is 0. The third-order valence-electron chi connectivity index (χ3n) is 3.59. The second kappa shape index (κ2) is 8.51. The molecule has 2 rings (SSSR count). The van der Waals surface area contributed by atoms with Crippen LogP contribution >= 0.6 is 0 Å². The van der Waals surface area contributed by atoms with Crippen LogP contribution in [0.5, 0.6) is 0 Å². The summed E-state index contributed by atoms with van der Waals surface area (Å²) >= 11 is 0. The highest BCUT2D eigenvalue weighted by Gasteiger charge is 2.20. The molecule has 0 aromatic heterocycles. The van der Waals surface area contributed by atoms with E-state index in [4.69, 9.17) is 9.47 Å². The molecule has 1 saturated heterocycles. The summed E-state index contributed by atoms with van der Waals surface area (Å²) < 4.78 is 11.1. The van der Waals surface area contributed by atoms with Gasteiger partial charge in [0.1, 0.15) is 0 Å². The molecule has 19 heavy (non-hydrogen) atoms. The molecule has 0 radical (unpaired) electrons. The van der Waals surface area contributed by atoms with E-state index in [1.807, 2.05) is 0 Å². The first-order chi connectivity index (χ1) is 9.34. The topological polar surface area (TPSA) is 59.6 Å². The van der Waals surface area contributed by atoms with Crippen molar-refractivity contribution in [2.75, 3.05) is 39.5 Å². The van der Waals surface area contributed by atoms with Crippen LogP contribution in [0.2, 0.25) is 0 Å². The smallest absolute Gasteiger partial charge is 0.222 e. The Labute approximate surface area is 115 Å². The van der Waals surface area contributed by atoms with Gasteiger partial charge in [0.25, 0.3) is 0 Å². The lowest BCUT2D eigenvalue weighted by molar-refractivity contribution is -0.123. The first kappa shape index (κ1) is 14.8. The third kappa shape index (κ3) is 6.89. The summed E-state index contributed by atoms with van der Waals surface area (Å²) in [5.41, 5.74) is 0. The summed E-state index contributed by atoms with van der Waals surface area (Å²) in [7, 11) is 0. The second-order valence-electron chi connectivity index (χ2n) is 5.44. The van der Waals surface area contributed by atoms with Crippen molar-refractivity contribution in [2.45, 2.75) is 38.2 Å². The van der Waals surface area contributed by atoms with Crippen molar-refractivity contribution in [3.63, 3.8) is 0 Å². The number of piperidine rings is 1. The Kier molecular flexibility index (Phi) is 6.61. The van der Waals surface area contributed by atoms with Gasteiger partial charge in [0.2, 0.25) is 5.91 Å². The molecule has 1 aliphatic heterocycles. The van der Waals surface area contributed by atoms with E-state index in [2.05, 4.69) is 10.6 Å². The number of hydrogen-bond acceptors (Lipinski definition) is 4. The average molecular weight is 270 g/mol. The Morgan fingerprint density at radius 2 is 1.95 bits per heavy atom. The van der Waals surface area contributed by atoms with E-state index in [1.165, 1.54) is 12.8 Å². The molecular weight excluding hydrogens is 244 g/mol. The van der Waals surface area contributed by atoms with Crippen LogP contribution in [0.15, 0.2) is 0 Å². The zero-order valence-corrected chi connectivity index (χ0v) is 11.7. The first-order valence-corrected chi connectivity index (χ1v) is 7.51. The van der Waals surface area contributed by atoms with Crippen LogP contribution in [-0.4, -0.2) is 51.5 Å². The maximum absolute atomic E-state index is 11.5. The summed E-state index contributed by atoms with van der Waals surface area (Å²) in [4.78, 5) is 11.5. The highest BCUT2D eigenvalue weighted by molar-refractivity contribution is 5.75. The Balaban J connectivity index is 1.38. The molecule has 0 aromatic carbocycles. The van der Waals surface area contributed by atoms with Crippen LogP contribution in [0.3, 0.4) is 0 Å². The second-order valence-corrected chi connectivity index (χ2v) is 5.44. The van der Waals surface area contributed by atoms with Crippen LogP contribution in [0.1, 0.15) is 32.1 Å². The normalized spacial score (nSPS) is 20.4. The van der Waals surface area contributed by atoms with E-state index in [-0.39, 0.29) is 5.91 Å². The molecule has 5 nitrogen and oxygen atoms in total. The van der Waals surface area contributed by atoms with E-state index in [0.717, 1.165) is 38.5 Å². The number of hydrogen-bond donors (Lipinski definition) is 2. The number of nitrogens with one attached hydrogen (secondary N) is 2. The van der Waals surface area contributed by atoms with Crippen molar-refractivity contribution in [1.82, 2.24) is 10.6 Å². The molecule has 2 aliphatic rings. The Morgan fingerprint density at radius 1 is 1.16 bits per heavy atom. The molecule has 0 atom stereocenters. The molecule has 1 aliphatic carbocycles. The summed E-state index contributed by atoms with van der Waals surface area (Å²) in [6.07, 6.45) is 5.50. The van der Waals surface area contributed by atoms with Crippen molar-refractivity contribution in [1.29, 1.82) is 0 Å². The monoisotopic (exact) mass is 270 g/mol. The summed E-state index contributed by atoms with van der Waals surface area (Å²) in [5.74, 6) is 0.845. The fourth-order valence-corrected chi connectivity index (χ4v) is 2.17. The fourth-order valence-electron chi connectivity index (χ4n) is 2.17. The highest BCUT2D eigenvalue weighted by Crippen LogP contribution is 2.28. The summed E-state index contributed by atoms with van der Waals surface area (Å²) in [5, 5.41) is 6.15. The molecule has 1 heterocycles. The van der Waals surface area contributed by atoms with Gasteiger partial charge in [0.05, 0.1) is 19.3 Å². The highest BCUT2D eigenvalue weighted by atomic mass is 16.5. The quantitative estimate of drug-likeness (QED) is 0.605. The SMILES string of the molecule is O=C(CCOC1CCNCC1)NCCOCC1CC1. The zero-order chi connectivity index (χ0) is 13.3. The van der Waals surface area contributed by atoms with Crippen molar-refractivity contribution < 1.29 is 14.3 Å². The van der Waals surface area contributed by atoms with Gasteiger partial charge in [-0.05, 0) is 44.7 Å². The minimum absolute atomic E-state index is 0.0592. The van der Waals surface area contributed by atoms with Crippen molar-refractivity contribution in [3.05, 3.63) is 0 Å². The largest absolute Gasteiger partial charge is 0.379 e. The number of carbonyl (C=O) groups excluding carboxylic acids is 1. The predicted octanol–water partition coefficient (Wildman–Crippen LogP) is 0.688. The molecule has 0 bridgehead atoms. The summed E-state index contributed by atoms with van der Waals surface area (Å²) in [6.45, 7) is 4.66. The molecule has 0 unspecified atom stereocenters. The van der Waals surface area contributed by atoms with Gasteiger partial charge in [-0.2, -0.15) is 0 Å². The van der Waals surface area contributed by atoms with Gasteiger partial charge in [-0.1, -0.05) is 0 Å². The van der Waals surface area contributed by atoms with Crippen LogP contribution < -0.4 is 10.6 Å². The third-order valence-corrected chi connectivity index (χ3v) is 3.59. The van der Waals surface area contributed by atoms with Gasteiger partial charge in [0, 0.05) is 19.6 Å². The van der Waals surface area contributed by atoms with E-state index < -0.39 is 0 Å². The fraction of sp³-hybridized carbons (Fsp3) is 0.929. The number of ether oxygens (including phenoxy) is 2. The standard InChI is InChI=1S/C14H26N2O3/c17-14(16-8-10-18-11-12-1-2-12)5-9-19-13-3-6-15-7-4-13/h12-13,15H,1-11H2,(H,16,17). The van der Waals surface area contributed by atoms with Gasteiger partial charge in [-0.15, -0.1) is 0 Å². The molecule has 2 N–H and O–H groups in total. The van der Waals surface area contributed by atoms with Gasteiger partial charge in [-0.25, -0.2) is 0 Å². The van der Waals surface area contributed by atoms with E-state index in [9.17, 15) is 4.79 Å². The van der Waals surface area contributed by atoms with Gasteiger partial charge in [-0.3, -0.25) is 4.79 Å². The Bertz CT molecular complexity index is 263. The maximum atomic E-state index is 11.5. The molecule has 110 valence electrons. The average Bonchev–Trinajstić information content (AvgIpc) is 3.24. The lowest BCUT2D eigenvalue weighted by atomic mass is 10.1. The van der Waals surface area contributed by atoms with E-state index in [1.54, 1.807) is 0 Å². The van der Waals surface area contributed by atoms with Crippen molar-refractivity contribution in [3.8, 4) is 0 Å². The van der Waals surface area contributed by atoms with Crippen molar-refractivity contribution >= 4 is 5.91 Å². The van der Waals surface area contributed by atoms with Crippen LogP contribution in [0, 0.1) is 5.92 Å². The number of amides is 1. The zero-order valence-electron chi connectivity index (χ0n) is 11.7. The molecular formula is C14H26N2O3. The minimum Gasteiger partial charge on any atom is -0.379 e. The van der Waals surface area contributed by atoms with Crippen molar-refractivity contribution in [2.24, 2.45) is 5.92 Å². The lowest BCUT2D eigenvalue weighted by Crippen LogP contribution is -2.33. The van der Waals surface area contributed by atoms with E-state index >= 15 is 0 Å². The molecule has 0 aromatic rings. The van der Waals surface area contributed by atoms with Crippen LogP contribution in [0.25, 0.3) is 0 Å². The molecule has 5 heteroatoms. The molecule has 1 saturated carbocycles. The lowest BCUT2D eigenvalue weighted by Gasteiger charge is -2.22. The predicted molar refractivity (Wildman–Crippen MR) is 73.0 cm³/mol. The Morgan fingerprint density at radius 3 is 2.68 bits per heavy atom. The minimum atomic E-state index is 0.0592. The maximum Gasteiger partial charge on any atom is 0.222 e. The van der Waals surface area contributed by atoms with E-state index in [0.29, 0.717) is 32.3 Å². The number of rotatable bonds is 9. The van der Waals surface area contributed by atoms with Crippen LogP contribution in [-0.2, 0) is 14.3 Å². The molecule has 2 fully saturated rings. The van der Waals surface area contributed by atoms with Crippen LogP contribution in [0.4, 0.5) is 0 Å². The Hall–Kier alpha value is -0.650. The number of carbonyl (C=O) groups is 1.